The van der Waals surface area contributed by atoms with Gasteiger partial charge in [-0.05, 0) is 42.0 Å². The van der Waals surface area contributed by atoms with Gasteiger partial charge in [0.05, 0.1) is 12.1 Å². The van der Waals surface area contributed by atoms with E-state index in [0.29, 0.717) is 24.0 Å². The summed E-state index contributed by atoms with van der Waals surface area (Å²) < 4.78 is 16.3. The normalized spacial score (nSPS) is 10.2. The lowest BCUT2D eigenvalue weighted by molar-refractivity contribution is 0.217. The molecule has 21 heavy (non-hydrogen) atoms. The summed E-state index contributed by atoms with van der Waals surface area (Å²) in [5, 5.41) is 1.38. The fourth-order valence-corrected chi connectivity index (χ4v) is 2.33. The summed E-state index contributed by atoms with van der Waals surface area (Å²) in [5.74, 6) is 2.25. The summed E-state index contributed by atoms with van der Waals surface area (Å²) in [6.07, 6.45) is 0. The van der Waals surface area contributed by atoms with Gasteiger partial charge >= 0.3 is 0 Å². The Hall–Kier alpha value is -1.39. The van der Waals surface area contributed by atoms with E-state index in [-0.39, 0.29) is 0 Å². The predicted octanol–water partition coefficient (Wildman–Crippen LogP) is 4.70. The highest BCUT2D eigenvalue weighted by molar-refractivity contribution is 9.08. The van der Waals surface area contributed by atoms with E-state index in [1.807, 2.05) is 42.5 Å². The van der Waals surface area contributed by atoms with Gasteiger partial charge in [-0.15, -0.1) is 0 Å². The van der Waals surface area contributed by atoms with E-state index in [0.717, 1.165) is 22.4 Å². The Morgan fingerprint density at radius 1 is 0.952 bits per heavy atom. The van der Waals surface area contributed by atoms with Crippen LogP contribution in [0, 0.1) is 0 Å². The smallest absolute Gasteiger partial charge is 0.138 e. The average Bonchev–Trinajstić information content (AvgIpc) is 2.53. The number of hydrogen-bond acceptors (Lipinski definition) is 3. The average molecular weight is 372 g/mol. The molecule has 0 spiro atoms. The van der Waals surface area contributed by atoms with Gasteiger partial charge in [0.1, 0.15) is 30.5 Å². The van der Waals surface area contributed by atoms with Crippen LogP contribution in [0.1, 0.15) is 5.56 Å². The lowest BCUT2D eigenvalue weighted by Gasteiger charge is -2.10. The van der Waals surface area contributed by atoms with Crippen molar-refractivity contribution < 1.29 is 14.2 Å². The van der Waals surface area contributed by atoms with Crippen LogP contribution >= 0.6 is 27.5 Å². The molecule has 0 aliphatic rings. The largest absolute Gasteiger partial charge is 0.497 e. The summed E-state index contributed by atoms with van der Waals surface area (Å²) in [7, 11) is 1.63. The zero-order valence-corrected chi connectivity index (χ0v) is 14.0. The number of hydrogen-bond donors (Lipinski definition) is 0. The van der Waals surface area contributed by atoms with E-state index < -0.39 is 0 Å². The molecule has 5 heteroatoms. The number of rotatable bonds is 7. The zero-order valence-electron chi connectivity index (χ0n) is 11.6. The first kappa shape index (κ1) is 16.0. The van der Waals surface area contributed by atoms with Crippen molar-refractivity contribution in [2.45, 2.75) is 5.33 Å². The van der Waals surface area contributed by atoms with Crippen molar-refractivity contribution in [1.82, 2.24) is 0 Å². The highest BCUT2D eigenvalue weighted by atomic mass is 79.9. The Bertz CT molecular complexity index is 572. The van der Waals surface area contributed by atoms with E-state index in [1.165, 1.54) is 0 Å². The number of ether oxygens (including phenoxy) is 3. The minimum Gasteiger partial charge on any atom is -0.497 e. The van der Waals surface area contributed by atoms with Gasteiger partial charge in [-0.25, -0.2) is 0 Å². The van der Waals surface area contributed by atoms with Crippen molar-refractivity contribution >= 4 is 27.5 Å². The number of alkyl halides is 1. The first-order chi connectivity index (χ1) is 10.2. The molecule has 0 saturated carbocycles. The van der Waals surface area contributed by atoms with E-state index in [1.54, 1.807) is 7.11 Å². The summed E-state index contributed by atoms with van der Waals surface area (Å²) in [6.45, 7) is 0.877. The topological polar surface area (TPSA) is 27.7 Å². The fourth-order valence-electron chi connectivity index (χ4n) is 1.73. The quantitative estimate of drug-likeness (QED) is 0.521. The number of halogens is 2. The lowest BCUT2D eigenvalue weighted by atomic mass is 10.2. The van der Waals surface area contributed by atoms with Crippen LogP contribution in [-0.4, -0.2) is 20.3 Å². The second-order valence-corrected chi connectivity index (χ2v) is 5.24. The monoisotopic (exact) mass is 370 g/mol. The molecule has 2 aromatic carbocycles. The molecular weight excluding hydrogens is 356 g/mol. The van der Waals surface area contributed by atoms with Gasteiger partial charge in [0.2, 0.25) is 0 Å². The Morgan fingerprint density at radius 3 is 2.24 bits per heavy atom. The van der Waals surface area contributed by atoms with E-state index in [4.69, 9.17) is 25.8 Å². The summed E-state index contributed by atoms with van der Waals surface area (Å²) in [4.78, 5) is 0. The standard InChI is InChI=1S/C16H16BrClO3/c1-19-13-3-5-14(6-4-13)20-8-9-21-16-7-2-12(11-17)10-15(16)18/h2-7,10H,8-9,11H2,1H3. The third-order valence-corrected chi connectivity index (χ3v) is 3.76. The van der Waals surface area contributed by atoms with Gasteiger partial charge in [-0.3, -0.25) is 0 Å². The second kappa shape index (κ2) is 8.15. The maximum absolute atomic E-state index is 6.14. The molecule has 2 rings (SSSR count). The summed E-state index contributed by atoms with van der Waals surface area (Å²) in [5.41, 5.74) is 1.11. The van der Waals surface area contributed by atoms with Crippen molar-refractivity contribution in [3.05, 3.63) is 53.1 Å². The summed E-state index contributed by atoms with van der Waals surface area (Å²) >= 11 is 9.52. The van der Waals surface area contributed by atoms with Gasteiger partial charge in [0, 0.05) is 5.33 Å². The fraction of sp³-hybridized carbons (Fsp3) is 0.250. The molecular formula is C16H16BrClO3. The molecule has 0 fully saturated rings. The summed E-state index contributed by atoms with van der Waals surface area (Å²) in [6, 6.07) is 13.1. The SMILES string of the molecule is COc1ccc(OCCOc2ccc(CBr)cc2Cl)cc1. The van der Waals surface area contributed by atoms with Gasteiger partial charge in [-0.1, -0.05) is 33.6 Å². The third-order valence-electron chi connectivity index (χ3n) is 2.82. The molecule has 0 saturated heterocycles. The van der Waals surface area contributed by atoms with Crippen LogP contribution in [0.4, 0.5) is 0 Å². The molecule has 0 aromatic heterocycles. The first-order valence-electron chi connectivity index (χ1n) is 6.47. The Labute approximate surface area is 137 Å². The third kappa shape index (κ3) is 4.83. The maximum atomic E-state index is 6.14. The molecule has 0 atom stereocenters. The molecule has 0 bridgehead atoms. The number of methoxy groups -OCH3 is 1. The molecule has 0 aliphatic heterocycles. The zero-order chi connectivity index (χ0) is 15.1. The Morgan fingerprint density at radius 2 is 1.62 bits per heavy atom. The van der Waals surface area contributed by atoms with E-state index in [9.17, 15) is 0 Å². The van der Waals surface area contributed by atoms with Crippen LogP contribution in [0.3, 0.4) is 0 Å². The van der Waals surface area contributed by atoms with Crippen molar-refractivity contribution in [1.29, 1.82) is 0 Å². The molecule has 0 amide bonds. The molecule has 2 aromatic rings. The van der Waals surface area contributed by atoms with Gasteiger partial charge in [0.25, 0.3) is 0 Å². The molecule has 0 unspecified atom stereocenters. The molecule has 0 heterocycles. The number of benzene rings is 2. The Balaban J connectivity index is 1.78. The van der Waals surface area contributed by atoms with Gasteiger partial charge in [0.15, 0.2) is 0 Å². The minimum absolute atomic E-state index is 0.430. The molecule has 3 nitrogen and oxygen atoms in total. The van der Waals surface area contributed by atoms with Gasteiger partial charge < -0.3 is 14.2 Å². The first-order valence-corrected chi connectivity index (χ1v) is 7.97. The van der Waals surface area contributed by atoms with Crippen LogP contribution in [0.15, 0.2) is 42.5 Å². The molecule has 0 N–H and O–H groups in total. The lowest BCUT2D eigenvalue weighted by Crippen LogP contribution is -2.09. The van der Waals surface area contributed by atoms with Crippen LogP contribution in [-0.2, 0) is 5.33 Å². The van der Waals surface area contributed by atoms with Crippen molar-refractivity contribution in [2.24, 2.45) is 0 Å². The van der Waals surface area contributed by atoms with E-state index >= 15 is 0 Å². The van der Waals surface area contributed by atoms with Crippen LogP contribution < -0.4 is 14.2 Å². The van der Waals surface area contributed by atoms with Crippen LogP contribution in [0.5, 0.6) is 17.2 Å². The van der Waals surface area contributed by atoms with Gasteiger partial charge in [-0.2, -0.15) is 0 Å². The molecule has 0 aliphatic carbocycles. The van der Waals surface area contributed by atoms with Crippen LogP contribution in [0.2, 0.25) is 5.02 Å². The molecule has 0 radical (unpaired) electrons. The van der Waals surface area contributed by atoms with Crippen molar-refractivity contribution in [3.8, 4) is 17.2 Å². The van der Waals surface area contributed by atoms with Crippen molar-refractivity contribution in [2.75, 3.05) is 20.3 Å². The highest BCUT2D eigenvalue weighted by Crippen LogP contribution is 2.26. The van der Waals surface area contributed by atoms with E-state index in [2.05, 4.69) is 15.9 Å². The highest BCUT2D eigenvalue weighted by Gasteiger charge is 2.03. The molecule has 112 valence electrons. The van der Waals surface area contributed by atoms with Crippen molar-refractivity contribution in [3.63, 3.8) is 0 Å². The minimum atomic E-state index is 0.430. The van der Waals surface area contributed by atoms with Crippen LogP contribution in [0.25, 0.3) is 0 Å². The Kier molecular flexibility index (Phi) is 6.21. The maximum Gasteiger partial charge on any atom is 0.138 e. The predicted molar refractivity (Wildman–Crippen MR) is 88.1 cm³/mol. The second-order valence-electron chi connectivity index (χ2n) is 4.27.